The molecular weight excluding hydrogens is 430 g/mol. The minimum absolute atomic E-state index is 0.101. The summed E-state index contributed by atoms with van der Waals surface area (Å²) in [5.41, 5.74) is 4.41. The monoisotopic (exact) mass is 465 g/mol. The zero-order chi connectivity index (χ0) is 23.9. The molecule has 2 aliphatic rings. The van der Waals surface area contributed by atoms with Gasteiger partial charge < -0.3 is 24.4 Å². The summed E-state index contributed by atoms with van der Waals surface area (Å²) in [4.78, 5) is 17.6. The van der Waals surface area contributed by atoms with Crippen molar-refractivity contribution in [2.45, 2.75) is 20.4 Å². The van der Waals surface area contributed by atoms with Crippen molar-refractivity contribution in [1.29, 1.82) is 0 Å². The molecular formula is C27H35N3O4. The predicted octanol–water partition coefficient (Wildman–Crippen LogP) is 3.74. The number of nitrogens with zero attached hydrogens (tertiary/aromatic N) is 2. The molecule has 0 bridgehead atoms. The summed E-state index contributed by atoms with van der Waals surface area (Å²) in [5, 5.41) is 3.04. The number of carbonyl (C=O) groups excluding carboxylic acids is 1. The van der Waals surface area contributed by atoms with Crippen LogP contribution in [0.25, 0.3) is 11.6 Å². The van der Waals surface area contributed by atoms with Gasteiger partial charge in [0.2, 0.25) is 0 Å². The largest absolute Gasteiger partial charge is 0.497 e. The summed E-state index contributed by atoms with van der Waals surface area (Å²) in [6.45, 7) is 12.0. The van der Waals surface area contributed by atoms with Crippen molar-refractivity contribution >= 4 is 23.2 Å². The third kappa shape index (κ3) is 5.78. The van der Waals surface area contributed by atoms with E-state index in [1.165, 1.54) is 5.56 Å². The van der Waals surface area contributed by atoms with Crippen LogP contribution < -0.4 is 14.8 Å². The molecule has 7 nitrogen and oxygen atoms in total. The second kappa shape index (κ2) is 11.5. The predicted molar refractivity (Wildman–Crippen MR) is 135 cm³/mol. The zero-order valence-corrected chi connectivity index (χ0v) is 20.4. The molecule has 0 radical (unpaired) electrons. The maximum absolute atomic E-state index is 12.9. The summed E-state index contributed by atoms with van der Waals surface area (Å²) >= 11 is 0. The molecule has 0 unspecified atom stereocenters. The molecule has 0 saturated carbocycles. The smallest absolute Gasteiger partial charge is 0.256 e. The van der Waals surface area contributed by atoms with E-state index in [2.05, 4.69) is 41.1 Å². The van der Waals surface area contributed by atoms with Crippen molar-refractivity contribution < 1.29 is 19.0 Å². The van der Waals surface area contributed by atoms with Crippen molar-refractivity contribution in [3.63, 3.8) is 0 Å². The van der Waals surface area contributed by atoms with E-state index in [9.17, 15) is 4.79 Å². The van der Waals surface area contributed by atoms with Gasteiger partial charge in [0.15, 0.2) is 0 Å². The molecule has 1 N–H and O–H groups in total. The third-order valence-corrected chi connectivity index (χ3v) is 6.45. The first-order valence-corrected chi connectivity index (χ1v) is 12.1. The van der Waals surface area contributed by atoms with Gasteiger partial charge in [0.05, 0.1) is 20.3 Å². The Labute approximate surface area is 202 Å². The van der Waals surface area contributed by atoms with Gasteiger partial charge in [-0.2, -0.15) is 0 Å². The molecule has 1 amide bonds. The summed E-state index contributed by atoms with van der Waals surface area (Å²) in [6.07, 6.45) is 1.90. The molecule has 182 valence electrons. The summed E-state index contributed by atoms with van der Waals surface area (Å²) in [5.74, 6) is 1.36. The Kier molecular flexibility index (Phi) is 8.21. The highest BCUT2D eigenvalue weighted by Gasteiger charge is 2.25. The zero-order valence-electron chi connectivity index (χ0n) is 20.4. The van der Waals surface area contributed by atoms with Gasteiger partial charge in [0.1, 0.15) is 18.1 Å². The number of likely N-dealkylation sites (N-methyl/N-ethyl adjacent to an activating group) is 1. The van der Waals surface area contributed by atoms with E-state index in [4.69, 9.17) is 14.2 Å². The number of hydrogen-bond donors (Lipinski definition) is 1. The van der Waals surface area contributed by atoms with E-state index in [1.807, 2.05) is 30.3 Å². The van der Waals surface area contributed by atoms with Crippen LogP contribution in [0.15, 0.2) is 36.4 Å². The number of anilines is 1. The highest BCUT2D eigenvalue weighted by molar-refractivity contribution is 6.35. The Bertz CT molecular complexity index is 1030. The number of ether oxygens (including phenoxy) is 3. The SMILES string of the molecule is CCN(CC)CCOc1ccc(OC)cc1C=C1C(=O)Nc2cc(CN3CCOCC3)ccc21. The van der Waals surface area contributed by atoms with E-state index < -0.39 is 0 Å². The lowest BCUT2D eigenvalue weighted by atomic mass is 10.0. The second-order valence-electron chi connectivity index (χ2n) is 8.56. The first-order chi connectivity index (χ1) is 16.6. The number of benzene rings is 2. The average molecular weight is 466 g/mol. The van der Waals surface area contributed by atoms with Crippen LogP contribution in [0, 0.1) is 0 Å². The fourth-order valence-corrected chi connectivity index (χ4v) is 4.38. The molecule has 0 aliphatic carbocycles. The van der Waals surface area contributed by atoms with Crippen LogP contribution in [0.4, 0.5) is 5.69 Å². The fourth-order valence-electron chi connectivity index (χ4n) is 4.38. The van der Waals surface area contributed by atoms with Crippen LogP contribution in [-0.2, 0) is 16.1 Å². The first kappa shape index (κ1) is 24.3. The summed E-state index contributed by atoms with van der Waals surface area (Å²) < 4.78 is 17.0. The van der Waals surface area contributed by atoms with Crippen molar-refractivity contribution in [1.82, 2.24) is 9.80 Å². The minimum Gasteiger partial charge on any atom is -0.497 e. The fraction of sp³-hybridized carbons (Fsp3) is 0.444. The highest BCUT2D eigenvalue weighted by Crippen LogP contribution is 2.36. The van der Waals surface area contributed by atoms with Crippen molar-refractivity contribution in [2.75, 3.05) is 65.0 Å². The lowest BCUT2D eigenvalue weighted by Gasteiger charge is -2.26. The van der Waals surface area contributed by atoms with Gasteiger partial charge in [0.25, 0.3) is 5.91 Å². The standard InChI is InChI=1S/C27H35N3O4/c1-4-29(5-2)12-15-34-26-9-7-22(32-3)17-21(26)18-24-23-8-6-20(16-25(23)28-27(24)31)19-30-10-13-33-14-11-30/h6-9,16-18H,4-5,10-15,19H2,1-3H3,(H,28,31). The lowest BCUT2D eigenvalue weighted by molar-refractivity contribution is -0.110. The van der Waals surface area contributed by atoms with Gasteiger partial charge in [0, 0.05) is 48.6 Å². The van der Waals surface area contributed by atoms with Gasteiger partial charge in [-0.05, 0) is 49.0 Å². The number of hydrogen-bond acceptors (Lipinski definition) is 6. The molecule has 4 rings (SSSR count). The topological polar surface area (TPSA) is 63.3 Å². The Morgan fingerprint density at radius 1 is 1.12 bits per heavy atom. The molecule has 34 heavy (non-hydrogen) atoms. The van der Waals surface area contributed by atoms with E-state index in [-0.39, 0.29) is 5.91 Å². The van der Waals surface area contributed by atoms with Crippen LogP contribution in [0.3, 0.4) is 0 Å². The Morgan fingerprint density at radius 2 is 1.91 bits per heavy atom. The molecule has 0 spiro atoms. The minimum atomic E-state index is -0.101. The number of rotatable bonds is 10. The van der Waals surface area contributed by atoms with Crippen LogP contribution in [0.1, 0.15) is 30.5 Å². The van der Waals surface area contributed by atoms with Crippen LogP contribution >= 0.6 is 0 Å². The second-order valence-corrected chi connectivity index (χ2v) is 8.56. The molecule has 2 heterocycles. The van der Waals surface area contributed by atoms with E-state index >= 15 is 0 Å². The maximum atomic E-state index is 12.9. The molecule has 2 aromatic rings. The molecule has 2 aromatic carbocycles. The lowest BCUT2D eigenvalue weighted by Crippen LogP contribution is -2.35. The molecule has 0 aromatic heterocycles. The number of morpholine rings is 1. The molecule has 2 aliphatic heterocycles. The Balaban J connectivity index is 1.55. The number of nitrogens with one attached hydrogen (secondary N) is 1. The quantitative estimate of drug-likeness (QED) is 0.540. The summed E-state index contributed by atoms with van der Waals surface area (Å²) in [6, 6.07) is 11.9. The summed E-state index contributed by atoms with van der Waals surface area (Å²) in [7, 11) is 1.64. The van der Waals surface area contributed by atoms with Gasteiger partial charge in [-0.15, -0.1) is 0 Å². The first-order valence-electron chi connectivity index (χ1n) is 12.1. The van der Waals surface area contributed by atoms with Crippen LogP contribution in [-0.4, -0.2) is 75.4 Å². The van der Waals surface area contributed by atoms with E-state index in [0.717, 1.165) is 80.8 Å². The third-order valence-electron chi connectivity index (χ3n) is 6.45. The normalized spacial score (nSPS) is 17.2. The van der Waals surface area contributed by atoms with Crippen molar-refractivity contribution in [3.8, 4) is 11.5 Å². The van der Waals surface area contributed by atoms with Crippen LogP contribution in [0.2, 0.25) is 0 Å². The van der Waals surface area contributed by atoms with Gasteiger partial charge in [-0.3, -0.25) is 9.69 Å². The van der Waals surface area contributed by atoms with Crippen LogP contribution in [0.5, 0.6) is 11.5 Å². The maximum Gasteiger partial charge on any atom is 0.256 e. The number of carbonyl (C=O) groups is 1. The Hall–Kier alpha value is -2.87. The van der Waals surface area contributed by atoms with E-state index in [0.29, 0.717) is 12.2 Å². The molecule has 0 atom stereocenters. The average Bonchev–Trinajstić information content (AvgIpc) is 3.17. The molecule has 1 fully saturated rings. The van der Waals surface area contributed by atoms with E-state index in [1.54, 1.807) is 7.11 Å². The van der Waals surface area contributed by atoms with Gasteiger partial charge in [-0.25, -0.2) is 0 Å². The Morgan fingerprint density at radius 3 is 2.65 bits per heavy atom. The highest BCUT2D eigenvalue weighted by atomic mass is 16.5. The number of amides is 1. The number of fused-ring (bicyclic) bond motifs is 1. The van der Waals surface area contributed by atoms with Crippen molar-refractivity contribution in [2.24, 2.45) is 0 Å². The van der Waals surface area contributed by atoms with Crippen molar-refractivity contribution in [3.05, 3.63) is 53.1 Å². The molecule has 7 heteroatoms. The van der Waals surface area contributed by atoms with Gasteiger partial charge >= 0.3 is 0 Å². The number of methoxy groups -OCH3 is 1. The molecule has 1 saturated heterocycles. The van der Waals surface area contributed by atoms with Gasteiger partial charge in [-0.1, -0.05) is 26.0 Å².